The van der Waals surface area contributed by atoms with Gasteiger partial charge in [-0.15, -0.1) is 0 Å². The van der Waals surface area contributed by atoms with Crippen LogP contribution in [0.15, 0.2) is 18.3 Å². The van der Waals surface area contributed by atoms with Crippen LogP contribution in [0.5, 0.6) is 5.88 Å². The van der Waals surface area contributed by atoms with Crippen molar-refractivity contribution in [1.29, 1.82) is 0 Å². The van der Waals surface area contributed by atoms with E-state index in [0.29, 0.717) is 11.0 Å². The van der Waals surface area contributed by atoms with Crippen LogP contribution in [0.25, 0.3) is 11.0 Å². The summed E-state index contributed by atoms with van der Waals surface area (Å²) in [4.78, 5) is 18.3. The number of fused-ring (bicyclic) bond motifs is 1. The highest BCUT2D eigenvalue weighted by atomic mass is 16.6. The van der Waals surface area contributed by atoms with Gasteiger partial charge in [0.05, 0.1) is 17.0 Å². The first kappa shape index (κ1) is 11.1. The number of hydrogen-bond donors (Lipinski definition) is 1. The van der Waals surface area contributed by atoms with E-state index in [2.05, 4.69) is 9.97 Å². The van der Waals surface area contributed by atoms with Crippen molar-refractivity contribution in [2.45, 2.75) is 6.92 Å². The van der Waals surface area contributed by atoms with Crippen LogP contribution in [-0.4, -0.2) is 21.5 Å². The Hall–Kier alpha value is -2.44. The summed E-state index contributed by atoms with van der Waals surface area (Å²) in [5.41, 5.74) is 6.15. The SMILES string of the molecule is CCOc1nc2cccnc2c(N)c1[N+](=O)[O-]. The van der Waals surface area contributed by atoms with Crippen molar-refractivity contribution in [3.8, 4) is 5.88 Å². The zero-order chi connectivity index (χ0) is 12.4. The Kier molecular flexibility index (Phi) is 2.73. The molecule has 2 rings (SSSR count). The molecule has 7 heteroatoms. The van der Waals surface area contributed by atoms with Crippen LogP contribution in [0, 0.1) is 10.1 Å². The first-order chi connectivity index (χ1) is 8.15. The molecule has 0 atom stereocenters. The summed E-state index contributed by atoms with van der Waals surface area (Å²) in [5, 5.41) is 10.9. The maximum absolute atomic E-state index is 10.9. The van der Waals surface area contributed by atoms with E-state index in [-0.39, 0.29) is 23.9 Å². The fourth-order valence-corrected chi connectivity index (χ4v) is 1.50. The number of ether oxygens (including phenoxy) is 1. The number of anilines is 1. The molecule has 0 bridgehead atoms. The number of pyridine rings is 2. The average molecular weight is 234 g/mol. The predicted molar refractivity (Wildman–Crippen MR) is 61.8 cm³/mol. The van der Waals surface area contributed by atoms with Crippen molar-refractivity contribution in [2.24, 2.45) is 0 Å². The minimum Gasteiger partial charge on any atom is -0.473 e. The van der Waals surface area contributed by atoms with Gasteiger partial charge in [0, 0.05) is 6.20 Å². The normalized spacial score (nSPS) is 10.4. The predicted octanol–water partition coefficient (Wildman–Crippen LogP) is 1.52. The van der Waals surface area contributed by atoms with E-state index >= 15 is 0 Å². The zero-order valence-electron chi connectivity index (χ0n) is 9.08. The van der Waals surface area contributed by atoms with Gasteiger partial charge in [0.15, 0.2) is 0 Å². The van der Waals surface area contributed by atoms with E-state index < -0.39 is 4.92 Å². The van der Waals surface area contributed by atoms with Gasteiger partial charge in [0.2, 0.25) is 0 Å². The molecule has 17 heavy (non-hydrogen) atoms. The molecule has 0 amide bonds. The van der Waals surface area contributed by atoms with Gasteiger partial charge in [-0.05, 0) is 19.1 Å². The lowest BCUT2D eigenvalue weighted by Crippen LogP contribution is -2.05. The number of nitro groups is 1. The molecule has 0 saturated carbocycles. The second-order valence-corrected chi connectivity index (χ2v) is 3.24. The zero-order valence-corrected chi connectivity index (χ0v) is 9.08. The Bertz CT molecular complexity index is 585. The molecule has 0 spiro atoms. The lowest BCUT2D eigenvalue weighted by Gasteiger charge is -2.07. The molecular formula is C10H10N4O3. The van der Waals surface area contributed by atoms with Crippen molar-refractivity contribution >= 4 is 22.4 Å². The fraction of sp³-hybridized carbons (Fsp3) is 0.200. The average Bonchev–Trinajstić information content (AvgIpc) is 2.29. The molecule has 2 aromatic heterocycles. The standard InChI is InChI=1S/C10H10N4O3/c1-2-17-10-9(14(15)16)7(11)8-6(13-10)4-3-5-12-8/h3-5H,2H2,1H3,(H2,11,13). The smallest absolute Gasteiger partial charge is 0.355 e. The first-order valence-electron chi connectivity index (χ1n) is 4.96. The minimum atomic E-state index is -0.610. The minimum absolute atomic E-state index is 0.0240. The summed E-state index contributed by atoms with van der Waals surface area (Å²) in [6.07, 6.45) is 1.50. The van der Waals surface area contributed by atoms with Crippen LogP contribution < -0.4 is 10.5 Å². The monoisotopic (exact) mass is 234 g/mol. The van der Waals surface area contributed by atoms with Crippen LogP contribution in [0.3, 0.4) is 0 Å². The Morgan fingerprint density at radius 1 is 1.59 bits per heavy atom. The van der Waals surface area contributed by atoms with Gasteiger partial charge in [0.1, 0.15) is 11.2 Å². The largest absolute Gasteiger partial charge is 0.473 e. The summed E-state index contributed by atoms with van der Waals surface area (Å²) in [6.45, 7) is 1.99. The van der Waals surface area contributed by atoms with Crippen LogP contribution in [0.2, 0.25) is 0 Å². The van der Waals surface area contributed by atoms with E-state index in [1.165, 1.54) is 6.20 Å². The maximum Gasteiger partial charge on any atom is 0.355 e. The third-order valence-corrected chi connectivity index (χ3v) is 2.18. The van der Waals surface area contributed by atoms with Crippen molar-refractivity contribution in [1.82, 2.24) is 9.97 Å². The Morgan fingerprint density at radius 2 is 2.35 bits per heavy atom. The van der Waals surface area contributed by atoms with E-state index in [0.717, 1.165) is 0 Å². The number of nitrogens with zero attached hydrogens (tertiary/aromatic N) is 3. The van der Waals surface area contributed by atoms with Crippen molar-refractivity contribution in [3.05, 3.63) is 28.4 Å². The van der Waals surface area contributed by atoms with Crippen LogP contribution in [-0.2, 0) is 0 Å². The molecule has 2 heterocycles. The fourth-order valence-electron chi connectivity index (χ4n) is 1.50. The second kappa shape index (κ2) is 4.20. The molecule has 7 nitrogen and oxygen atoms in total. The van der Waals surface area contributed by atoms with Crippen molar-refractivity contribution < 1.29 is 9.66 Å². The quantitative estimate of drug-likeness (QED) is 0.637. The highest BCUT2D eigenvalue weighted by Gasteiger charge is 2.24. The molecule has 88 valence electrons. The molecule has 2 N–H and O–H groups in total. The van der Waals surface area contributed by atoms with Gasteiger partial charge in [-0.2, -0.15) is 0 Å². The lowest BCUT2D eigenvalue weighted by molar-refractivity contribution is -0.385. The number of hydrogen-bond acceptors (Lipinski definition) is 6. The Labute approximate surface area is 96.4 Å². The highest BCUT2D eigenvalue weighted by Crippen LogP contribution is 2.35. The van der Waals surface area contributed by atoms with Gasteiger partial charge < -0.3 is 10.5 Å². The maximum atomic E-state index is 10.9. The van der Waals surface area contributed by atoms with E-state index in [1.54, 1.807) is 19.1 Å². The molecule has 0 unspecified atom stereocenters. The summed E-state index contributed by atoms with van der Waals surface area (Å²) in [7, 11) is 0. The second-order valence-electron chi connectivity index (χ2n) is 3.24. The van der Waals surface area contributed by atoms with Crippen molar-refractivity contribution in [2.75, 3.05) is 12.3 Å². The first-order valence-corrected chi connectivity index (χ1v) is 4.96. The number of nitrogens with two attached hydrogens (primary N) is 1. The molecule has 0 aliphatic rings. The summed E-state index contributed by atoms with van der Waals surface area (Å²) in [6, 6.07) is 3.35. The summed E-state index contributed by atoms with van der Waals surface area (Å²) >= 11 is 0. The molecule has 0 aliphatic carbocycles. The van der Waals surface area contributed by atoms with Gasteiger partial charge in [-0.3, -0.25) is 15.1 Å². The van der Waals surface area contributed by atoms with Gasteiger partial charge in [-0.1, -0.05) is 0 Å². The Balaban J connectivity index is 2.79. The van der Waals surface area contributed by atoms with Crippen LogP contribution in [0.4, 0.5) is 11.4 Å². The lowest BCUT2D eigenvalue weighted by atomic mass is 10.2. The van der Waals surface area contributed by atoms with Gasteiger partial charge in [0.25, 0.3) is 5.88 Å². The summed E-state index contributed by atoms with van der Waals surface area (Å²) in [5.74, 6) is -0.0736. The van der Waals surface area contributed by atoms with Crippen molar-refractivity contribution in [3.63, 3.8) is 0 Å². The number of aromatic nitrogens is 2. The molecule has 0 saturated heterocycles. The molecule has 0 aromatic carbocycles. The third kappa shape index (κ3) is 1.82. The molecule has 0 fully saturated rings. The molecule has 2 aromatic rings. The van der Waals surface area contributed by atoms with Gasteiger partial charge in [-0.25, -0.2) is 4.98 Å². The topological polar surface area (TPSA) is 104 Å². The van der Waals surface area contributed by atoms with Crippen LogP contribution >= 0.6 is 0 Å². The van der Waals surface area contributed by atoms with E-state index in [4.69, 9.17) is 10.5 Å². The third-order valence-electron chi connectivity index (χ3n) is 2.18. The van der Waals surface area contributed by atoms with Gasteiger partial charge >= 0.3 is 5.69 Å². The Morgan fingerprint density at radius 3 is 3.00 bits per heavy atom. The molecular weight excluding hydrogens is 224 g/mol. The number of rotatable bonds is 3. The van der Waals surface area contributed by atoms with E-state index in [9.17, 15) is 10.1 Å². The van der Waals surface area contributed by atoms with Crippen LogP contribution in [0.1, 0.15) is 6.92 Å². The summed E-state index contributed by atoms with van der Waals surface area (Å²) < 4.78 is 5.13. The van der Waals surface area contributed by atoms with E-state index in [1.807, 2.05) is 0 Å². The molecule has 0 radical (unpaired) electrons. The number of nitrogen functional groups attached to an aromatic ring is 1. The molecule has 0 aliphatic heterocycles. The highest BCUT2D eigenvalue weighted by molar-refractivity contribution is 5.92.